The molecule has 1 heterocycles. The third-order valence-corrected chi connectivity index (χ3v) is 1.24. The molecule has 0 radical (unpaired) electrons. The Balaban J connectivity index is 3.06. The Morgan fingerprint density at radius 1 is 1.50 bits per heavy atom. The summed E-state index contributed by atoms with van der Waals surface area (Å²) in [4.78, 5) is 7.94. The van der Waals surface area contributed by atoms with Gasteiger partial charge in [0.15, 0.2) is 0 Å². The van der Waals surface area contributed by atoms with Crippen molar-refractivity contribution in [2.24, 2.45) is 0 Å². The largest absolute Gasteiger partial charge is 0.357 e. The molecule has 4 heteroatoms. The molecule has 0 aromatic carbocycles. The van der Waals surface area contributed by atoms with E-state index in [9.17, 15) is 0 Å². The van der Waals surface area contributed by atoms with Crippen LogP contribution in [0.25, 0.3) is 0 Å². The quantitative estimate of drug-likeness (QED) is 0.628. The molecule has 1 aromatic rings. The zero-order valence-electron chi connectivity index (χ0n) is 5.85. The molecule has 0 saturated heterocycles. The molecule has 3 nitrogen and oxygen atoms in total. The molecule has 0 aliphatic heterocycles. The Hall–Kier alpha value is -0.830. The number of hydrogen-bond donors (Lipinski definition) is 1. The van der Waals surface area contributed by atoms with Crippen LogP contribution in [0.1, 0.15) is 5.69 Å². The number of aromatic nitrogens is 2. The summed E-state index contributed by atoms with van der Waals surface area (Å²) in [5.41, 5.74) is 0.865. The van der Waals surface area contributed by atoms with Crippen molar-refractivity contribution in [2.45, 2.75) is 6.92 Å². The van der Waals surface area contributed by atoms with Gasteiger partial charge in [0.1, 0.15) is 5.15 Å². The third-order valence-electron chi connectivity index (χ3n) is 1.05. The molecule has 0 fully saturated rings. The number of nitrogens with one attached hydrogen (secondary N) is 1. The fourth-order valence-corrected chi connectivity index (χ4v) is 0.880. The minimum atomic E-state index is 0.469. The summed E-state index contributed by atoms with van der Waals surface area (Å²) in [6.07, 6.45) is 0. The van der Waals surface area contributed by atoms with Crippen molar-refractivity contribution >= 4 is 17.5 Å². The lowest BCUT2D eigenvalue weighted by Gasteiger charge is -1.98. The zero-order chi connectivity index (χ0) is 7.56. The van der Waals surface area contributed by atoms with E-state index in [-0.39, 0.29) is 0 Å². The van der Waals surface area contributed by atoms with Gasteiger partial charge in [0.25, 0.3) is 0 Å². The zero-order valence-corrected chi connectivity index (χ0v) is 6.61. The van der Waals surface area contributed by atoms with E-state index in [1.165, 1.54) is 0 Å². The number of hydrogen-bond acceptors (Lipinski definition) is 3. The second kappa shape index (κ2) is 2.84. The Morgan fingerprint density at radius 2 is 2.20 bits per heavy atom. The van der Waals surface area contributed by atoms with Crippen molar-refractivity contribution in [1.82, 2.24) is 9.97 Å². The van der Waals surface area contributed by atoms with E-state index >= 15 is 0 Å². The monoisotopic (exact) mass is 157 g/mol. The van der Waals surface area contributed by atoms with E-state index in [1.54, 1.807) is 13.1 Å². The van der Waals surface area contributed by atoms with Gasteiger partial charge >= 0.3 is 0 Å². The lowest BCUT2D eigenvalue weighted by molar-refractivity contribution is 1.09. The topological polar surface area (TPSA) is 37.8 Å². The maximum atomic E-state index is 5.64. The van der Waals surface area contributed by atoms with Crippen LogP contribution in [-0.2, 0) is 0 Å². The third kappa shape index (κ3) is 1.57. The molecule has 0 atom stereocenters. The van der Waals surface area contributed by atoms with Crippen LogP contribution in [0, 0.1) is 6.92 Å². The lowest BCUT2D eigenvalue weighted by Crippen LogP contribution is -1.97. The second-order valence-corrected chi connectivity index (χ2v) is 2.29. The number of anilines is 1. The summed E-state index contributed by atoms with van der Waals surface area (Å²) < 4.78 is 0. The summed E-state index contributed by atoms with van der Waals surface area (Å²) in [5.74, 6) is 0.560. The van der Waals surface area contributed by atoms with Crippen LogP contribution < -0.4 is 5.32 Å². The fraction of sp³-hybridized carbons (Fsp3) is 0.333. The highest BCUT2D eigenvalue weighted by Crippen LogP contribution is 2.08. The Labute approximate surface area is 64.5 Å². The van der Waals surface area contributed by atoms with E-state index < -0.39 is 0 Å². The van der Waals surface area contributed by atoms with E-state index in [4.69, 9.17) is 11.6 Å². The van der Waals surface area contributed by atoms with Gasteiger partial charge in [-0.15, -0.1) is 0 Å². The normalized spacial score (nSPS) is 9.50. The Kier molecular flexibility index (Phi) is 2.06. The molecule has 0 saturated carbocycles. The van der Waals surface area contributed by atoms with Gasteiger partial charge in [-0.1, -0.05) is 11.6 Å². The summed E-state index contributed by atoms with van der Waals surface area (Å²) in [6, 6.07) is 1.71. The number of rotatable bonds is 1. The standard InChI is InChI=1S/C6H8ClN3/c1-4-3-5(7)10-6(8-2)9-4/h3H,1-2H3,(H,8,9,10). The Bertz CT molecular complexity index is 216. The molecule has 0 aliphatic rings. The molecule has 0 spiro atoms. The van der Waals surface area contributed by atoms with E-state index in [0.717, 1.165) is 5.69 Å². The number of halogens is 1. The van der Waals surface area contributed by atoms with Gasteiger partial charge < -0.3 is 5.32 Å². The molecular formula is C6H8ClN3. The molecular weight excluding hydrogens is 150 g/mol. The van der Waals surface area contributed by atoms with Crippen LogP contribution >= 0.6 is 11.6 Å². The van der Waals surface area contributed by atoms with Gasteiger partial charge in [-0.25, -0.2) is 9.97 Å². The van der Waals surface area contributed by atoms with Crippen molar-refractivity contribution in [3.63, 3.8) is 0 Å². The van der Waals surface area contributed by atoms with Crippen molar-refractivity contribution in [2.75, 3.05) is 12.4 Å². The average Bonchev–Trinajstić information content (AvgIpc) is 1.85. The van der Waals surface area contributed by atoms with Crippen LogP contribution in [0.3, 0.4) is 0 Å². The van der Waals surface area contributed by atoms with Gasteiger partial charge in [-0.3, -0.25) is 0 Å². The fourth-order valence-electron chi connectivity index (χ4n) is 0.642. The molecule has 0 bridgehead atoms. The molecule has 1 aromatic heterocycles. The summed E-state index contributed by atoms with van der Waals surface area (Å²) >= 11 is 5.64. The van der Waals surface area contributed by atoms with Crippen LogP contribution in [0.2, 0.25) is 5.15 Å². The summed E-state index contributed by atoms with van der Waals surface area (Å²) in [7, 11) is 1.76. The van der Waals surface area contributed by atoms with E-state index in [1.807, 2.05) is 6.92 Å². The minimum Gasteiger partial charge on any atom is -0.357 e. The predicted octanol–water partition coefficient (Wildman–Crippen LogP) is 1.48. The van der Waals surface area contributed by atoms with E-state index in [2.05, 4.69) is 15.3 Å². The van der Waals surface area contributed by atoms with Crippen molar-refractivity contribution in [1.29, 1.82) is 0 Å². The smallest absolute Gasteiger partial charge is 0.224 e. The maximum absolute atomic E-state index is 5.64. The highest BCUT2D eigenvalue weighted by atomic mass is 35.5. The van der Waals surface area contributed by atoms with Gasteiger partial charge in [0, 0.05) is 12.7 Å². The van der Waals surface area contributed by atoms with Gasteiger partial charge in [0.05, 0.1) is 0 Å². The van der Waals surface area contributed by atoms with E-state index in [0.29, 0.717) is 11.1 Å². The molecule has 0 amide bonds. The first-order valence-electron chi connectivity index (χ1n) is 2.91. The molecule has 1 rings (SSSR count). The number of nitrogens with zero attached hydrogens (tertiary/aromatic N) is 2. The maximum Gasteiger partial charge on any atom is 0.224 e. The average molecular weight is 158 g/mol. The van der Waals surface area contributed by atoms with Gasteiger partial charge in [0.2, 0.25) is 5.95 Å². The minimum absolute atomic E-state index is 0.469. The van der Waals surface area contributed by atoms with Gasteiger partial charge in [-0.2, -0.15) is 0 Å². The highest BCUT2D eigenvalue weighted by Gasteiger charge is 1.95. The molecule has 0 aliphatic carbocycles. The molecule has 10 heavy (non-hydrogen) atoms. The van der Waals surface area contributed by atoms with Crippen LogP contribution in [0.15, 0.2) is 6.07 Å². The molecule has 54 valence electrons. The van der Waals surface area contributed by atoms with Crippen LogP contribution in [0.4, 0.5) is 5.95 Å². The molecule has 0 unspecified atom stereocenters. The van der Waals surface area contributed by atoms with Gasteiger partial charge in [-0.05, 0) is 13.0 Å². The van der Waals surface area contributed by atoms with Crippen LogP contribution in [0.5, 0.6) is 0 Å². The SMILES string of the molecule is CNc1nc(C)cc(Cl)n1. The van der Waals surface area contributed by atoms with Crippen molar-refractivity contribution in [3.05, 3.63) is 16.9 Å². The number of aryl methyl sites for hydroxylation is 1. The first-order valence-corrected chi connectivity index (χ1v) is 3.29. The highest BCUT2D eigenvalue weighted by molar-refractivity contribution is 6.29. The summed E-state index contributed by atoms with van der Waals surface area (Å²) in [6.45, 7) is 1.87. The Morgan fingerprint density at radius 3 is 2.70 bits per heavy atom. The predicted molar refractivity (Wildman–Crippen MR) is 41.3 cm³/mol. The second-order valence-electron chi connectivity index (χ2n) is 1.91. The van der Waals surface area contributed by atoms with Crippen molar-refractivity contribution < 1.29 is 0 Å². The van der Waals surface area contributed by atoms with Crippen LogP contribution in [-0.4, -0.2) is 17.0 Å². The lowest BCUT2D eigenvalue weighted by atomic mass is 10.5. The summed E-state index contributed by atoms with van der Waals surface area (Å²) in [5, 5.41) is 3.27. The van der Waals surface area contributed by atoms with Crippen molar-refractivity contribution in [3.8, 4) is 0 Å². The first kappa shape index (κ1) is 7.28. The first-order chi connectivity index (χ1) is 4.72. The molecule has 1 N–H and O–H groups in total.